The molecule has 1 saturated heterocycles. The first-order valence-corrected chi connectivity index (χ1v) is 11.2. The number of aromatic nitrogens is 3. The van der Waals surface area contributed by atoms with Gasteiger partial charge in [0.25, 0.3) is 0 Å². The number of aryl methyl sites for hydroxylation is 1. The van der Waals surface area contributed by atoms with Crippen LogP contribution in [0.2, 0.25) is 0 Å². The molecule has 174 valence electrons. The molecule has 34 heavy (non-hydrogen) atoms. The van der Waals surface area contributed by atoms with Crippen LogP contribution in [0.4, 0.5) is 10.3 Å². The summed E-state index contributed by atoms with van der Waals surface area (Å²) in [6.45, 7) is 4.45. The molecular weight excluding hydrogens is 435 g/mol. The molecule has 0 unspecified atom stereocenters. The first-order valence-electron chi connectivity index (χ1n) is 11.2. The average Bonchev–Trinajstić information content (AvgIpc) is 2.77. The number of fused-ring (bicyclic) bond motifs is 1. The van der Waals surface area contributed by atoms with E-state index in [1.165, 1.54) is 13.0 Å². The van der Waals surface area contributed by atoms with Gasteiger partial charge >= 0.3 is 0 Å². The van der Waals surface area contributed by atoms with Gasteiger partial charge in [0.2, 0.25) is 11.9 Å². The Morgan fingerprint density at radius 1 is 1.24 bits per heavy atom. The second kappa shape index (κ2) is 8.81. The summed E-state index contributed by atoms with van der Waals surface area (Å²) in [6.07, 6.45) is 4.46. The molecule has 1 aliphatic heterocycles. The minimum atomic E-state index is -0.307. The van der Waals surface area contributed by atoms with E-state index in [-0.39, 0.29) is 29.7 Å². The number of rotatable bonds is 4. The van der Waals surface area contributed by atoms with E-state index in [0.717, 1.165) is 39.4 Å². The van der Waals surface area contributed by atoms with Gasteiger partial charge in [-0.25, -0.2) is 14.4 Å². The zero-order valence-corrected chi connectivity index (χ0v) is 19.0. The van der Waals surface area contributed by atoms with Crippen molar-refractivity contribution < 1.29 is 14.0 Å². The van der Waals surface area contributed by atoms with E-state index >= 15 is 0 Å². The number of amides is 1. The number of pyridine rings is 1. The summed E-state index contributed by atoms with van der Waals surface area (Å²) in [5.74, 6) is -0.0951. The number of carbonyl (C=O) groups is 1. The van der Waals surface area contributed by atoms with E-state index in [1.54, 1.807) is 23.4 Å². The van der Waals surface area contributed by atoms with Gasteiger partial charge in [-0.05, 0) is 48.6 Å². The van der Waals surface area contributed by atoms with Crippen LogP contribution < -0.4 is 5.73 Å². The second-order valence-corrected chi connectivity index (χ2v) is 8.76. The summed E-state index contributed by atoms with van der Waals surface area (Å²) in [6, 6.07) is 8.59. The van der Waals surface area contributed by atoms with Crippen LogP contribution in [0.5, 0.6) is 0 Å². The van der Waals surface area contributed by atoms with Gasteiger partial charge < -0.3 is 15.5 Å². The lowest BCUT2D eigenvalue weighted by Crippen LogP contribution is -2.53. The molecule has 1 fully saturated rings. The third-order valence-corrected chi connectivity index (χ3v) is 6.38. The van der Waals surface area contributed by atoms with Crippen LogP contribution in [0.3, 0.4) is 0 Å². The zero-order valence-electron chi connectivity index (χ0n) is 19.0. The normalized spacial score (nSPS) is 19.0. The van der Waals surface area contributed by atoms with Crippen molar-refractivity contribution in [1.82, 2.24) is 19.9 Å². The maximum Gasteiger partial charge on any atom is 0.220 e. The molecule has 3 heterocycles. The molecule has 0 bridgehead atoms. The zero-order chi connectivity index (χ0) is 23.8. The summed E-state index contributed by atoms with van der Waals surface area (Å²) in [4.78, 5) is 32.0. The number of likely N-dealkylation sites (tertiary alicyclic amines) is 1. The molecule has 0 spiro atoms. The highest BCUT2D eigenvalue weighted by molar-refractivity contribution is 6.03. The van der Waals surface area contributed by atoms with Crippen molar-refractivity contribution in [2.24, 2.45) is 5.16 Å². The molecule has 3 aromatic rings. The molecular formula is C25H25FN6O2. The van der Waals surface area contributed by atoms with E-state index in [0.29, 0.717) is 25.9 Å². The average molecular weight is 461 g/mol. The Bertz CT molecular complexity index is 1270. The van der Waals surface area contributed by atoms with Crippen molar-refractivity contribution in [2.75, 3.05) is 18.8 Å². The van der Waals surface area contributed by atoms with Gasteiger partial charge in [-0.3, -0.25) is 9.78 Å². The molecule has 1 aromatic carbocycles. The van der Waals surface area contributed by atoms with Crippen LogP contribution in [0.1, 0.15) is 41.8 Å². The van der Waals surface area contributed by atoms with E-state index in [4.69, 9.17) is 10.6 Å². The van der Waals surface area contributed by atoms with E-state index in [1.807, 2.05) is 25.1 Å². The highest BCUT2D eigenvalue weighted by Gasteiger charge is 2.33. The number of nitrogens with two attached hydrogens (primary N) is 1. The van der Waals surface area contributed by atoms with Crippen molar-refractivity contribution in [3.8, 4) is 11.1 Å². The predicted molar refractivity (Wildman–Crippen MR) is 126 cm³/mol. The molecule has 2 aromatic heterocycles. The lowest BCUT2D eigenvalue weighted by molar-refractivity contribution is -0.142. The lowest BCUT2D eigenvalue weighted by atomic mass is 9.78. The van der Waals surface area contributed by atoms with Crippen molar-refractivity contribution in [3.05, 3.63) is 71.1 Å². The number of nitrogens with zero attached hydrogens (tertiary/aromatic N) is 5. The topological polar surface area (TPSA) is 107 Å². The molecule has 5 rings (SSSR count). The minimum Gasteiger partial charge on any atom is -0.388 e. The summed E-state index contributed by atoms with van der Waals surface area (Å²) < 4.78 is 14.2. The van der Waals surface area contributed by atoms with Gasteiger partial charge in [-0.2, -0.15) is 0 Å². The molecule has 1 atom stereocenters. The van der Waals surface area contributed by atoms with Crippen molar-refractivity contribution >= 4 is 17.6 Å². The van der Waals surface area contributed by atoms with Crippen LogP contribution in [0.15, 0.2) is 47.9 Å². The van der Waals surface area contributed by atoms with Crippen molar-refractivity contribution in [1.29, 1.82) is 0 Å². The van der Waals surface area contributed by atoms with Crippen LogP contribution in [0, 0.1) is 12.7 Å². The Balaban J connectivity index is 1.51. The summed E-state index contributed by atoms with van der Waals surface area (Å²) in [7, 11) is 0. The number of benzene rings is 1. The smallest absolute Gasteiger partial charge is 0.220 e. The molecule has 9 heteroatoms. The van der Waals surface area contributed by atoms with Gasteiger partial charge in [0.15, 0.2) is 6.10 Å². The van der Waals surface area contributed by atoms with Gasteiger partial charge in [0.05, 0.1) is 30.2 Å². The standard InChI is InChI=1S/C25H25FN6O2/c1-14-24-22(30-25(27)29-14)8-17(9-23(24)31-34-19-12-32(13-19)15(2)33)20-6-5-18(26)10-21(20)16-4-3-7-28-11-16/h3-7,10-11,17,19H,8-9,12-13H2,1-2H3,(H2,27,29,30)/b31-23+/t17-/m1/s1. The van der Waals surface area contributed by atoms with E-state index in [2.05, 4.69) is 20.1 Å². The highest BCUT2D eigenvalue weighted by atomic mass is 19.1. The van der Waals surface area contributed by atoms with Crippen LogP contribution >= 0.6 is 0 Å². The summed E-state index contributed by atoms with van der Waals surface area (Å²) in [5, 5.41) is 4.50. The first kappa shape index (κ1) is 21.9. The third kappa shape index (κ3) is 4.21. The molecule has 0 saturated carbocycles. The van der Waals surface area contributed by atoms with Crippen molar-refractivity contribution in [3.63, 3.8) is 0 Å². The number of oxime groups is 1. The number of nitrogen functional groups attached to an aromatic ring is 1. The van der Waals surface area contributed by atoms with E-state index in [9.17, 15) is 9.18 Å². The fourth-order valence-electron chi connectivity index (χ4n) is 4.68. The van der Waals surface area contributed by atoms with Gasteiger partial charge in [-0.15, -0.1) is 0 Å². The number of halogens is 1. The van der Waals surface area contributed by atoms with Crippen molar-refractivity contribution in [2.45, 2.75) is 38.7 Å². The molecule has 1 aliphatic carbocycles. The molecule has 2 aliphatic rings. The maximum absolute atomic E-state index is 14.2. The van der Waals surface area contributed by atoms with Crippen LogP contribution in [0.25, 0.3) is 11.1 Å². The number of carbonyl (C=O) groups excluding carboxylic acids is 1. The third-order valence-electron chi connectivity index (χ3n) is 6.38. The number of hydrogen-bond donors (Lipinski definition) is 1. The SMILES string of the molecule is CC(=O)N1CC(O/N=C2\C[C@H](c3ccc(F)cc3-c3cccnc3)Cc3nc(N)nc(C)c32)C1. The Hall–Kier alpha value is -3.88. The molecule has 1 amide bonds. The lowest BCUT2D eigenvalue weighted by Gasteiger charge is -2.36. The highest BCUT2D eigenvalue weighted by Crippen LogP contribution is 2.38. The van der Waals surface area contributed by atoms with Crippen LogP contribution in [-0.2, 0) is 16.1 Å². The van der Waals surface area contributed by atoms with Gasteiger partial charge in [-0.1, -0.05) is 17.3 Å². The molecule has 8 nitrogen and oxygen atoms in total. The summed E-state index contributed by atoms with van der Waals surface area (Å²) in [5.41, 5.74) is 11.7. The minimum absolute atomic E-state index is 0.0190. The fourth-order valence-corrected chi connectivity index (χ4v) is 4.68. The monoisotopic (exact) mass is 460 g/mol. The van der Waals surface area contributed by atoms with Gasteiger partial charge in [0.1, 0.15) is 5.82 Å². The maximum atomic E-state index is 14.2. The van der Waals surface area contributed by atoms with E-state index < -0.39 is 0 Å². The first-order chi connectivity index (χ1) is 16.4. The van der Waals surface area contributed by atoms with Gasteiger partial charge in [0, 0.05) is 36.9 Å². The number of anilines is 1. The Kier molecular flexibility index (Phi) is 5.69. The molecule has 0 radical (unpaired) electrons. The number of hydrogen-bond acceptors (Lipinski definition) is 7. The van der Waals surface area contributed by atoms with Crippen LogP contribution in [-0.4, -0.2) is 50.7 Å². The fraction of sp³-hybridized carbons (Fsp3) is 0.320. The Labute approximate surface area is 196 Å². The quantitative estimate of drug-likeness (QED) is 0.599. The second-order valence-electron chi connectivity index (χ2n) is 8.76. The molecule has 2 N–H and O–H groups in total. The Morgan fingerprint density at radius 2 is 2.06 bits per heavy atom. The largest absolute Gasteiger partial charge is 0.388 e. The Morgan fingerprint density at radius 3 is 2.79 bits per heavy atom. The predicted octanol–water partition coefficient (Wildman–Crippen LogP) is 3.25. The summed E-state index contributed by atoms with van der Waals surface area (Å²) >= 11 is 0.